The SMILES string of the molecule is Cc1cccc(C2CN3CCN=C3S2)c1Cl. The Bertz CT molecular complexity index is 458. The highest BCUT2D eigenvalue weighted by Gasteiger charge is 2.33. The largest absolute Gasteiger partial charge is 0.348 e. The fraction of sp³-hybridized carbons (Fsp3) is 0.417. The van der Waals surface area contributed by atoms with Crippen molar-refractivity contribution in [2.75, 3.05) is 19.6 Å². The second kappa shape index (κ2) is 3.97. The van der Waals surface area contributed by atoms with Crippen molar-refractivity contribution in [3.8, 4) is 0 Å². The number of fused-ring (bicyclic) bond motifs is 1. The van der Waals surface area contributed by atoms with Crippen LogP contribution in [0.3, 0.4) is 0 Å². The van der Waals surface area contributed by atoms with Gasteiger partial charge in [0.15, 0.2) is 5.17 Å². The van der Waals surface area contributed by atoms with Crippen LogP contribution in [0.2, 0.25) is 5.02 Å². The van der Waals surface area contributed by atoms with Gasteiger partial charge < -0.3 is 4.90 Å². The Hall–Kier alpha value is -0.670. The number of thioether (sulfide) groups is 1. The van der Waals surface area contributed by atoms with E-state index >= 15 is 0 Å². The average molecular weight is 253 g/mol. The number of halogens is 1. The summed E-state index contributed by atoms with van der Waals surface area (Å²) in [4.78, 5) is 6.84. The Morgan fingerprint density at radius 1 is 1.50 bits per heavy atom. The van der Waals surface area contributed by atoms with Gasteiger partial charge in [0.2, 0.25) is 0 Å². The van der Waals surface area contributed by atoms with E-state index in [-0.39, 0.29) is 0 Å². The number of amidine groups is 1. The zero-order chi connectivity index (χ0) is 11.1. The molecule has 1 atom stereocenters. The molecule has 2 aliphatic rings. The highest BCUT2D eigenvalue weighted by atomic mass is 35.5. The van der Waals surface area contributed by atoms with Crippen molar-refractivity contribution in [3.05, 3.63) is 34.3 Å². The van der Waals surface area contributed by atoms with Gasteiger partial charge in [-0.2, -0.15) is 0 Å². The van der Waals surface area contributed by atoms with Gasteiger partial charge in [-0.05, 0) is 18.1 Å². The summed E-state index contributed by atoms with van der Waals surface area (Å²) in [5.41, 5.74) is 2.41. The predicted molar refractivity (Wildman–Crippen MR) is 70.4 cm³/mol. The first kappa shape index (κ1) is 10.5. The molecule has 0 amide bonds. The summed E-state index contributed by atoms with van der Waals surface area (Å²) in [5.74, 6) is 0. The molecule has 1 aromatic carbocycles. The summed E-state index contributed by atoms with van der Waals surface area (Å²) in [5, 5.41) is 2.57. The van der Waals surface area contributed by atoms with E-state index in [1.807, 2.05) is 11.8 Å². The maximum absolute atomic E-state index is 6.36. The van der Waals surface area contributed by atoms with E-state index in [1.165, 1.54) is 10.7 Å². The molecular weight excluding hydrogens is 240 g/mol. The van der Waals surface area contributed by atoms with Gasteiger partial charge in [-0.25, -0.2) is 0 Å². The van der Waals surface area contributed by atoms with E-state index in [9.17, 15) is 0 Å². The minimum atomic E-state index is 0.450. The molecule has 0 aromatic heterocycles. The molecule has 0 spiro atoms. The Labute approximate surface area is 105 Å². The van der Waals surface area contributed by atoms with Crippen molar-refractivity contribution in [2.24, 2.45) is 4.99 Å². The summed E-state index contributed by atoms with van der Waals surface area (Å²) in [7, 11) is 0. The quantitative estimate of drug-likeness (QED) is 0.763. The lowest BCUT2D eigenvalue weighted by Crippen LogP contribution is -2.21. The predicted octanol–water partition coefficient (Wildman–Crippen LogP) is 3.11. The summed E-state index contributed by atoms with van der Waals surface area (Å²) >= 11 is 8.21. The number of hydrogen-bond acceptors (Lipinski definition) is 3. The summed E-state index contributed by atoms with van der Waals surface area (Å²) in [6.45, 7) is 5.13. The van der Waals surface area contributed by atoms with Crippen molar-refractivity contribution >= 4 is 28.5 Å². The van der Waals surface area contributed by atoms with Gasteiger partial charge in [0.1, 0.15) is 0 Å². The van der Waals surface area contributed by atoms with E-state index in [4.69, 9.17) is 11.6 Å². The smallest absolute Gasteiger partial charge is 0.160 e. The average Bonchev–Trinajstić information content (AvgIpc) is 2.81. The van der Waals surface area contributed by atoms with E-state index in [1.54, 1.807) is 0 Å². The monoisotopic (exact) mass is 252 g/mol. The van der Waals surface area contributed by atoms with Crippen molar-refractivity contribution in [1.29, 1.82) is 0 Å². The van der Waals surface area contributed by atoms with Crippen molar-refractivity contribution < 1.29 is 0 Å². The van der Waals surface area contributed by atoms with Crippen LogP contribution >= 0.6 is 23.4 Å². The van der Waals surface area contributed by atoms with Crippen molar-refractivity contribution in [2.45, 2.75) is 12.2 Å². The Morgan fingerprint density at radius 3 is 3.19 bits per heavy atom. The Kier molecular flexibility index (Phi) is 2.60. The summed E-state index contributed by atoms with van der Waals surface area (Å²) < 4.78 is 0. The number of aliphatic imine (C=N–C) groups is 1. The lowest BCUT2D eigenvalue weighted by Gasteiger charge is -2.14. The fourth-order valence-corrected chi connectivity index (χ4v) is 3.82. The van der Waals surface area contributed by atoms with Crippen LogP contribution in [0, 0.1) is 6.92 Å². The lowest BCUT2D eigenvalue weighted by molar-refractivity contribution is 0.476. The van der Waals surface area contributed by atoms with Crippen LogP contribution in [-0.2, 0) is 0 Å². The molecule has 0 saturated carbocycles. The minimum Gasteiger partial charge on any atom is -0.348 e. The zero-order valence-electron chi connectivity index (χ0n) is 9.11. The third-order valence-electron chi connectivity index (χ3n) is 3.09. The first-order valence-electron chi connectivity index (χ1n) is 5.47. The molecule has 84 valence electrons. The third kappa shape index (κ3) is 1.62. The lowest BCUT2D eigenvalue weighted by atomic mass is 10.1. The molecule has 0 radical (unpaired) electrons. The van der Waals surface area contributed by atoms with Crippen LogP contribution in [0.15, 0.2) is 23.2 Å². The third-order valence-corrected chi connectivity index (χ3v) is 4.89. The van der Waals surface area contributed by atoms with Gasteiger partial charge in [-0.15, -0.1) is 0 Å². The molecule has 16 heavy (non-hydrogen) atoms. The molecule has 1 saturated heterocycles. The first-order valence-corrected chi connectivity index (χ1v) is 6.72. The molecule has 1 aromatic rings. The molecular formula is C12H13ClN2S. The van der Waals surface area contributed by atoms with Crippen LogP contribution in [0.4, 0.5) is 0 Å². The van der Waals surface area contributed by atoms with Gasteiger partial charge in [0.25, 0.3) is 0 Å². The molecule has 1 unspecified atom stereocenters. The minimum absolute atomic E-state index is 0.450. The second-order valence-electron chi connectivity index (χ2n) is 4.19. The molecule has 2 aliphatic heterocycles. The van der Waals surface area contributed by atoms with Crippen molar-refractivity contribution in [1.82, 2.24) is 4.90 Å². The number of benzene rings is 1. The second-order valence-corrected chi connectivity index (χ2v) is 5.74. The van der Waals surface area contributed by atoms with E-state index < -0.39 is 0 Å². The van der Waals surface area contributed by atoms with E-state index in [0.717, 1.165) is 30.2 Å². The van der Waals surface area contributed by atoms with Crippen LogP contribution < -0.4 is 0 Å². The molecule has 0 bridgehead atoms. The Morgan fingerprint density at radius 2 is 2.38 bits per heavy atom. The van der Waals surface area contributed by atoms with Gasteiger partial charge in [0.05, 0.1) is 11.8 Å². The van der Waals surface area contributed by atoms with Gasteiger partial charge >= 0.3 is 0 Å². The summed E-state index contributed by atoms with van der Waals surface area (Å²) in [6, 6.07) is 6.28. The highest BCUT2D eigenvalue weighted by molar-refractivity contribution is 8.14. The Balaban J connectivity index is 1.91. The van der Waals surface area contributed by atoms with Crippen molar-refractivity contribution in [3.63, 3.8) is 0 Å². The number of nitrogens with zero attached hydrogens (tertiary/aromatic N) is 2. The van der Waals surface area contributed by atoms with Gasteiger partial charge in [0, 0.05) is 18.1 Å². The number of hydrogen-bond donors (Lipinski definition) is 0. The number of aryl methyl sites for hydroxylation is 1. The fourth-order valence-electron chi connectivity index (χ4n) is 2.19. The molecule has 2 heterocycles. The maximum Gasteiger partial charge on any atom is 0.160 e. The topological polar surface area (TPSA) is 15.6 Å². The highest BCUT2D eigenvalue weighted by Crippen LogP contribution is 2.42. The standard InChI is InChI=1S/C12H13ClN2S/c1-8-3-2-4-9(11(8)13)10-7-15-6-5-14-12(15)16-10/h2-4,10H,5-7H2,1H3. The van der Waals surface area contributed by atoms with Gasteiger partial charge in [-0.1, -0.05) is 41.6 Å². The van der Waals surface area contributed by atoms with Crippen LogP contribution in [0.25, 0.3) is 0 Å². The number of rotatable bonds is 1. The molecule has 0 N–H and O–H groups in total. The van der Waals surface area contributed by atoms with Crippen LogP contribution in [-0.4, -0.2) is 29.7 Å². The van der Waals surface area contributed by atoms with E-state index in [2.05, 4.69) is 35.0 Å². The normalized spacial score (nSPS) is 23.5. The molecule has 4 heteroatoms. The zero-order valence-corrected chi connectivity index (χ0v) is 10.7. The van der Waals surface area contributed by atoms with Crippen LogP contribution in [0.1, 0.15) is 16.4 Å². The molecule has 1 fully saturated rings. The summed E-state index contributed by atoms with van der Waals surface area (Å²) in [6.07, 6.45) is 0. The first-order chi connectivity index (χ1) is 7.75. The maximum atomic E-state index is 6.36. The molecule has 0 aliphatic carbocycles. The van der Waals surface area contributed by atoms with Crippen LogP contribution in [0.5, 0.6) is 0 Å². The molecule has 3 rings (SSSR count). The van der Waals surface area contributed by atoms with E-state index in [0.29, 0.717) is 5.25 Å². The van der Waals surface area contributed by atoms with Gasteiger partial charge in [-0.3, -0.25) is 4.99 Å². The molecule has 2 nitrogen and oxygen atoms in total.